The Kier molecular flexibility index (Phi) is 6.15. The van der Waals surface area contributed by atoms with E-state index in [1.807, 2.05) is 18.2 Å². The van der Waals surface area contributed by atoms with Gasteiger partial charge in [0.2, 0.25) is 0 Å². The molecule has 0 atom stereocenters. The highest BCUT2D eigenvalue weighted by molar-refractivity contribution is 9.10. The average molecular weight is 438 g/mol. The van der Waals surface area contributed by atoms with Crippen molar-refractivity contribution in [2.24, 2.45) is 5.10 Å². The van der Waals surface area contributed by atoms with E-state index in [4.69, 9.17) is 0 Å². The third-order valence-electron chi connectivity index (χ3n) is 4.88. The number of carbonyl (C=O) groups is 1. The number of benzene rings is 2. The van der Waals surface area contributed by atoms with Crippen LogP contribution in [0.15, 0.2) is 58.1 Å². The van der Waals surface area contributed by atoms with E-state index in [0.29, 0.717) is 5.56 Å². The lowest BCUT2D eigenvalue weighted by molar-refractivity contribution is 0.0954. The van der Waals surface area contributed by atoms with Crippen molar-refractivity contribution in [1.82, 2.24) is 9.99 Å². The number of aryl methyl sites for hydroxylation is 3. The highest BCUT2D eigenvalue weighted by Crippen LogP contribution is 2.26. The van der Waals surface area contributed by atoms with Crippen LogP contribution in [0.2, 0.25) is 0 Å². The number of amides is 1. The minimum absolute atomic E-state index is 0.246. The molecular formula is C23H24BrN3O. The van der Waals surface area contributed by atoms with Gasteiger partial charge in [-0.25, -0.2) is 5.43 Å². The fourth-order valence-corrected chi connectivity index (χ4v) is 3.92. The molecule has 2 aromatic carbocycles. The molecule has 0 saturated carbocycles. The third-order valence-corrected chi connectivity index (χ3v) is 5.58. The summed E-state index contributed by atoms with van der Waals surface area (Å²) < 4.78 is 3.01. The molecule has 1 aromatic heterocycles. The Bertz CT molecular complexity index is 1050. The second kappa shape index (κ2) is 8.57. The number of aromatic nitrogens is 1. The Balaban J connectivity index is 1.88. The highest BCUT2D eigenvalue weighted by Gasteiger charge is 2.14. The Morgan fingerprint density at radius 2 is 1.89 bits per heavy atom. The van der Waals surface area contributed by atoms with Crippen LogP contribution < -0.4 is 5.43 Å². The normalized spacial score (nSPS) is 11.2. The van der Waals surface area contributed by atoms with Gasteiger partial charge in [-0.1, -0.05) is 37.3 Å². The Morgan fingerprint density at radius 1 is 1.14 bits per heavy atom. The number of hydrazone groups is 1. The van der Waals surface area contributed by atoms with Crippen molar-refractivity contribution in [3.8, 4) is 5.69 Å². The van der Waals surface area contributed by atoms with Crippen LogP contribution in [-0.2, 0) is 6.42 Å². The van der Waals surface area contributed by atoms with Crippen molar-refractivity contribution in [2.45, 2.75) is 34.1 Å². The predicted octanol–water partition coefficient (Wildman–Crippen LogP) is 5.49. The standard InChI is InChI=1S/C23H24BrN3O/c1-5-18-10-8-9-15(2)22(18)27-16(3)13-19(17(27)4)14-25-26-23(28)20-11-6-7-12-21(20)24/h6-14H,5H2,1-4H3,(H,26,28)/b25-14+. The topological polar surface area (TPSA) is 46.4 Å². The number of nitrogens with one attached hydrogen (secondary N) is 1. The minimum atomic E-state index is -0.246. The second-order valence-electron chi connectivity index (χ2n) is 6.78. The Labute approximate surface area is 174 Å². The Hall–Kier alpha value is -2.66. The van der Waals surface area contributed by atoms with Gasteiger partial charge in [-0.2, -0.15) is 5.10 Å². The molecule has 0 bridgehead atoms. The van der Waals surface area contributed by atoms with Gasteiger partial charge in [-0.3, -0.25) is 4.79 Å². The van der Waals surface area contributed by atoms with E-state index in [9.17, 15) is 4.79 Å². The zero-order valence-electron chi connectivity index (χ0n) is 16.6. The molecular weight excluding hydrogens is 414 g/mol. The largest absolute Gasteiger partial charge is 0.317 e. The van der Waals surface area contributed by atoms with Gasteiger partial charge >= 0.3 is 0 Å². The van der Waals surface area contributed by atoms with E-state index in [1.165, 1.54) is 16.8 Å². The molecule has 0 saturated heterocycles. The van der Waals surface area contributed by atoms with Crippen LogP contribution in [0.25, 0.3) is 5.69 Å². The van der Waals surface area contributed by atoms with Crippen molar-refractivity contribution in [2.75, 3.05) is 0 Å². The highest BCUT2D eigenvalue weighted by atomic mass is 79.9. The third kappa shape index (κ3) is 3.94. The summed E-state index contributed by atoms with van der Waals surface area (Å²) in [6.07, 6.45) is 2.68. The fourth-order valence-electron chi connectivity index (χ4n) is 3.45. The van der Waals surface area contributed by atoms with Gasteiger partial charge < -0.3 is 4.57 Å². The molecule has 1 amide bonds. The molecule has 5 heteroatoms. The molecule has 0 aliphatic carbocycles. The van der Waals surface area contributed by atoms with Crippen LogP contribution in [0.1, 0.15) is 45.4 Å². The lowest BCUT2D eigenvalue weighted by atomic mass is 10.1. The van der Waals surface area contributed by atoms with Gasteiger partial charge in [0.05, 0.1) is 17.5 Å². The molecule has 28 heavy (non-hydrogen) atoms. The number of hydrogen-bond acceptors (Lipinski definition) is 2. The summed E-state index contributed by atoms with van der Waals surface area (Å²) in [5, 5.41) is 4.17. The summed E-state index contributed by atoms with van der Waals surface area (Å²) in [5.74, 6) is -0.246. The zero-order valence-corrected chi connectivity index (χ0v) is 18.2. The number of carbonyl (C=O) groups excluding carboxylic acids is 1. The predicted molar refractivity (Wildman–Crippen MR) is 119 cm³/mol. The van der Waals surface area contributed by atoms with Crippen molar-refractivity contribution in [1.29, 1.82) is 0 Å². The SMILES string of the molecule is CCc1cccc(C)c1-n1c(C)cc(/C=N/NC(=O)c2ccccc2Br)c1C. The van der Waals surface area contributed by atoms with E-state index >= 15 is 0 Å². The average Bonchev–Trinajstić information content (AvgIpc) is 2.95. The van der Waals surface area contributed by atoms with Gasteiger partial charge in [0, 0.05) is 21.4 Å². The van der Waals surface area contributed by atoms with Gasteiger partial charge in [0.15, 0.2) is 0 Å². The monoisotopic (exact) mass is 437 g/mol. The van der Waals surface area contributed by atoms with Gasteiger partial charge in [-0.05, 0) is 72.4 Å². The first-order valence-corrected chi connectivity index (χ1v) is 10.1. The molecule has 0 spiro atoms. The smallest absolute Gasteiger partial charge is 0.272 e. The van der Waals surface area contributed by atoms with Crippen LogP contribution in [0.4, 0.5) is 0 Å². The first kappa shape index (κ1) is 20.1. The lowest BCUT2D eigenvalue weighted by Gasteiger charge is -2.17. The first-order chi connectivity index (χ1) is 13.4. The molecule has 0 aliphatic rings. The summed E-state index contributed by atoms with van der Waals surface area (Å²) in [6.45, 7) is 8.48. The molecule has 1 N–H and O–H groups in total. The molecule has 1 heterocycles. The minimum Gasteiger partial charge on any atom is -0.317 e. The zero-order chi connectivity index (χ0) is 20.3. The van der Waals surface area contributed by atoms with Crippen LogP contribution in [0.3, 0.4) is 0 Å². The van der Waals surface area contributed by atoms with Crippen LogP contribution in [0, 0.1) is 20.8 Å². The summed E-state index contributed by atoms with van der Waals surface area (Å²) >= 11 is 3.39. The number of hydrogen-bond donors (Lipinski definition) is 1. The van der Waals surface area contributed by atoms with E-state index in [2.05, 4.69) is 83.0 Å². The van der Waals surface area contributed by atoms with Gasteiger partial charge in [0.25, 0.3) is 5.91 Å². The van der Waals surface area contributed by atoms with Crippen LogP contribution in [0.5, 0.6) is 0 Å². The maximum Gasteiger partial charge on any atom is 0.272 e. The van der Waals surface area contributed by atoms with E-state index in [1.54, 1.807) is 12.3 Å². The van der Waals surface area contributed by atoms with Crippen molar-refractivity contribution in [3.05, 3.63) is 86.6 Å². The summed E-state index contributed by atoms with van der Waals surface area (Å²) in [5.41, 5.74) is 10.2. The van der Waals surface area contributed by atoms with E-state index < -0.39 is 0 Å². The molecule has 3 rings (SSSR count). The summed E-state index contributed by atoms with van der Waals surface area (Å²) in [6, 6.07) is 15.8. The number of halogens is 1. The van der Waals surface area contributed by atoms with E-state index in [-0.39, 0.29) is 5.91 Å². The van der Waals surface area contributed by atoms with Gasteiger partial charge in [-0.15, -0.1) is 0 Å². The number of rotatable bonds is 5. The quantitative estimate of drug-likeness (QED) is 0.416. The summed E-state index contributed by atoms with van der Waals surface area (Å²) in [7, 11) is 0. The molecule has 0 fully saturated rings. The first-order valence-electron chi connectivity index (χ1n) is 9.29. The van der Waals surface area contributed by atoms with Crippen LogP contribution >= 0.6 is 15.9 Å². The van der Waals surface area contributed by atoms with Crippen LogP contribution in [-0.4, -0.2) is 16.7 Å². The maximum absolute atomic E-state index is 12.3. The molecule has 0 aliphatic heterocycles. The molecule has 0 radical (unpaired) electrons. The van der Waals surface area contributed by atoms with Gasteiger partial charge in [0.1, 0.15) is 0 Å². The number of nitrogens with zero attached hydrogens (tertiary/aromatic N) is 2. The lowest BCUT2D eigenvalue weighted by Crippen LogP contribution is -2.18. The van der Waals surface area contributed by atoms with E-state index in [0.717, 1.165) is 27.8 Å². The number of para-hydroxylation sites is 1. The molecule has 4 nitrogen and oxygen atoms in total. The second-order valence-corrected chi connectivity index (χ2v) is 7.63. The maximum atomic E-state index is 12.3. The molecule has 144 valence electrons. The van der Waals surface area contributed by atoms with Crippen molar-refractivity contribution in [3.63, 3.8) is 0 Å². The Morgan fingerprint density at radius 3 is 2.61 bits per heavy atom. The molecule has 0 unspecified atom stereocenters. The van der Waals surface area contributed by atoms with Crippen molar-refractivity contribution < 1.29 is 4.79 Å². The summed E-state index contributed by atoms with van der Waals surface area (Å²) in [4.78, 5) is 12.3. The molecule has 3 aromatic rings. The fraction of sp³-hybridized carbons (Fsp3) is 0.217. The van der Waals surface area contributed by atoms with Crippen molar-refractivity contribution >= 4 is 28.1 Å².